The van der Waals surface area contributed by atoms with Crippen molar-refractivity contribution in [2.24, 2.45) is 0 Å². The molecule has 0 fully saturated rings. The first-order valence-electron chi connectivity index (χ1n) is 8.65. The highest BCUT2D eigenvalue weighted by molar-refractivity contribution is 7.98. The third-order valence-electron chi connectivity index (χ3n) is 4.18. The van der Waals surface area contributed by atoms with Crippen LogP contribution in [0.4, 0.5) is 0 Å². The van der Waals surface area contributed by atoms with Crippen LogP contribution in [-0.2, 0) is 0 Å². The summed E-state index contributed by atoms with van der Waals surface area (Å²) in [5.74, 6) is 0.768. The predicted octanol–water partition coefficient (Wildman–Crippen LogP) is 5.09. The van der Waals surface area contributed by atoms with E-state index >= 15 is 0 Å². The van der Waals surface area contributed by atoms with E-state index in [9.17, 15) is 4.79 Å². The Hall–Kier alpha value is -2.42. The number of hydrogen-bond acceptors (Lipinski definition) is 6. The van der Waals surface area contributed by atoms with E-state index in [1.54, 1.807) is 4.57 Å². The third-order valence-corrected chi connectivity index (χ3v) is 6.17. The van der Waals surface area contributed by atoms with Gasteiger partial charge in [0.15, 0.2) is 14.8 Å². The fourth-order valence-corrected chi connectivity index (χ4v) is 4.82. The van der Waals surface area contributed by atoms with E-state index in [1.165, 1.54) is 23.1 Å². The number of nitrogens with zero attached hydrogens (tertiary/aromatic N) is 3. The van der Waals surface area contributed by atoms with Crippen molar-refractivity contribution in [1.29, 1.82) is 0 Å². The van der Waals surface area contributed by atoms with E-state index in [0.717, 1.165) is 17.1 Å². The molecule has 0 aliphatic carbocycles. The van der Waals surface area contributed by atoms with Crippen molar-refractivity contribution in [3.8, 4) is 17.1 Å². The number of hydrogen-bond donors (Lipinski definition) is 0. The van der Waals surface area contributed by atoms with Crippen LogP contribution < -0.4 is 10.3 Å². The molecule has 4 aromatic rings. The van der Waals surface area contributed by atoms with Crippen LogP contribution in [0.3, 0.4) is 0 Å². The summed E-state index contributed by atoms with van der Waals surface area (Å²) in [6.45, 7) is 2.53. The second kappa shape index (κ2) is 7.90. The zero-order chi connectivity index (χ0) is 19.7. The minimum Gasteiger partial charge on any atom is -0.494 e. The van der Waals surface area contributed by atoms with Crippen molar-refractivity contribution in [2.45, 2.75) is 12.1 Å². The van der Waals surface area contributed by atoms with Crippen molar-refractivity contribution in [3.05, 3.63) is 68.9 Å². The Morgan fingerprint density at radius 1 is 1.07 bits per heavy atom. The van der Waals surface area contributed by atoms with Gasteiger partial charge in [-0.05, 0) is 61.8 Å². The summed E-state index contributed by atoms with van der Waals surface area (Å²) in [6, 6.07) is 17.2. The SMILES string of the molecule is CCOc1ccc(-n2c(SC)nc3c(sc(=S)n3-c3ccccc3)c2=O)cc1. The van der Waals surface area contributed by atoms with Crippen LogP contribution in [0.5, 0.6) is 5.75 Å². The third kappa shape index (κ3) is 3.28. The van der Waals surface area contributed by atoms with E-state index in [1.807, 2.05) is 72.3 Å². The number of benzene rings is 2. The second-order valence-corrected chi connectivity index (χ2v) is 8.28. The van der Waals surface area contributed by atoms with Crippen LogP contribution in [0.1, 0.15) is 6.92 Å². The van der Waals surface area contributed by atoms with Crippen LogP contribution >= 0.6 is 35.3 Å². The molecule has 5 nitrogen and oxygen atoms in total. The van der Waals surface area contributed by atoms with Crippen molar-refractivity contribution < 1.29 is 4.74 Å². The Morgan fingerprint density at radius 2 is 1.75 bits per heavy atom. The lowest BCUT2D eigenvalue weighted by atomic mass is 10.3. The monoisotopic (exact) mass is 427 g/mol. The molecule has 2 aromatic carbocycles. The fourth-order valence-electron chi connectivity index (χ4n) is 2.96. The molecule has 8 heteroatoms. The molecule has 0 amide bonds. The highest BCUT2D eigenvalue weighted by atomic mass is 32.2. The van der Waals surface area contributed by atoms with Crippen molar-refractivity contribution in [2.75, 3.05) is 12.9 Å². The maximum atomic E-state index is 13.3. The molecule has 2 heterocycles. The number of aromatic nitrogens is 3. The van der Waals surface area contributed by atoms with Gasteiger partial charge in [-0.3, -0.25) is 13.9 Å². The molecule has 0 unspecified atom stereocenters. The highest BCUT2D eigenvalue weighted by Crippen LogP contribution is 2.27. The van der Waals surface area contributed by atoms with Gasteiger partial charge in [-0.15, -0.1) is 0 Å². The van der Waals surface area contributed by atoms with Crippen molar-refractivity contribution in [3.63, 3.8) is 0 Å². The van der Waals surface area contributed by atoms with Crippen molar-refractivity contribution >= 4 is 45.7 Å². The Kier molecular flexibility index (Phi) is 5.34. The Morgan fingerprint density at radius 3 is 2.39 bits per heavy atom. The molecule has 0 saturated heterocycles. The molecule has 142 valence electrons. The average Bonchev–Trinajstić information content (AvgIpc) is 3.06. The topological polar surface area (TPSA) is 49.0 Å². The van der Waals surface area contributed by atoms with Crippen LogP contribution in [-0.4, -0.2) is 27.0 Å². The Balaban J connectivity index is 1.96. The number of ether oxygens (including phenoxy) is 1. The standard InChI is InChI=1S/C20H17N3O2S3/c1-3-25-15-11-9-14(10-12-15)23-18(24)16-17(21-19(23)27-2)22(20(26)28-16)13-7-5-4-6-8-13/h4-12H,3H2,1-2H3. The predicted molar refractivity (Wildman–Crippen MR) is 118 cm³/mol. The van der Waals surface area contributed by atoms with Crippen LogP contribution in [0.15, 0.2) is 64.5 Å². The van der Waals surface area contributed by atoms with Gasteiger partial charge in [0.05, 0.1) is 12.3 Å². The van der Waals surface area contributed by atoms with E-state index in [2.05, 4.69) is 0 Å². The van der Waals surface area contributed by atoms with E-state index in [0.29, 0.717) is 26.1 Å². The number of thiazole rings is 1. The molecule has 0 aliphatic rings. The van der Waals surface area contributed by atoms with Crippen LogP contribution in [0.25, 0.3) is 21.7 Å². The largest absolute Gasteiger partial charge is 0.494 e. The highest BCUT2D eigenvalue weighted by Gasteiger charge is 2.18. The number of para-hydroxylation sites is 1. The first-order chi connectivity index (χ1) is 13.6. The number of fused-ring (bicyclic) bond motifs is 1. The van der Waals surface area contributed by atoms with Crippen LogP contribution in [0, 0.1) is 3.95 Å². The van der Waals surface area contributed by atoms with Gasteiger partial charge in [-0.2, -0.15) is 0 Å². The minimum absolute atomic E-state index is 0.121. The maximum Gasteiger partial charge on any atom is 0.278 e. The molecule has 0 radical (unpaired) electrons. The quantitative estimate of drug-likeness (QED) is 0.252. The van der Waals surface area contributed by atoms with E-state index < -0.39 is 0 Å². The summed E-state index contributed by atoms with van der Waals surface area (Å²) < 4.78 is 10.1. The summed E-state index contributed by atoms with van der Waals surface area (Å²) in [5.41, 5.74) is 2.12. The van der Waals surface area contributed by atoms with E-state index in [4.69, 9.17) is 21.9 Å². The fraction of sp³-hybridized carbons (Fsp3) is 0.150. The van der Waals surface area contributed by atoms with Gasteiger partial charge in [0.2, 0.25) is 0 Å². The first kappa shape index (κ1) is 18.9. The van der Waals surface area contributed by atoms with E-state index in [-0.39, 0.29) is 5.56 Å². The molecule has 4 rings (SSSR count). The minimum atomic E-state index is -0.121. The number of thioether (sulfide) groups is 1. The summed E-state index contributed by atoms with van der Waals surface area (Å²) >= 11 is 8.26. The normalized spacial score (nSPS) is 11.1. The summed E-state index contributed by atoms with van der Waals surface area (Å²) in [6.07, 6.45) is 1.91. The smallest absolute Gasteiger partial charge is 0.278 e. The summed E-state index contributed by atoms with van der Waals surface area (Å²) in [7, 11) is 0. The second-order valence-electron chi connectivity index (χ2n) is 5.86. The first-order valence-corrected chi connectivity index (χ1v) is 11.1. The lowest BCUT2D eigenvalue weighted by molar-refractivity contribution is 0.340. The molecular weight excluding hydrogens is 410 g/mol. The van der Waals surface area contributed by atoms with Gasteiger partial charge >= 0.3 is 0 Å². The molecule has 28 heavy (non-hydrogen) atoms. The molecular formula is C20H17N3O2S3. The molecule has 2 aromatic heterocycles. The molecule has 0 N–H and O–H groups in total. The molecule has 0 atom stereocenters. The Labute approximate surface area is 175 Å². The van der Waals surface area contributed by atoms with Gasteiger partial charge in [0, 0.05) is 5.69 Å². The van der Waals surface area contributed by atoms with Gasteiger partial charge in [0.25, 0.3) is 5.56 Å². The van der Waals surface area contributed by atoms with Gasteiger partial charge in [-0.1, -0.05) is 41.3 Å². The lowest BCUT2D eigenvalue weighted by Gasteiger charge is -2.12. The van der Waals surface area contributed by atoms with Crippen LogP contribution in [0.2, 0.25) is 0 Å². The van der Waals surface area contributed by atoms with Gasteiger partial charge in [0.1, 0.15) is 10.4 Å². The molecule has 0 saturated carbocycles. The molecule has 0 spiro atoms. The summed E-state index contributed by atoms with van der Waals surface area (Å²) in [5, 5.41) is 0.610. The Bertz CT molecular complexity index is 1240. The molecule has 0 aliphatic heterocycles. The van der Waals surface area contributed by atoms with Gasteiger partial charge in [-0.25, -0.2) is 4.98 Å². The lowest BCUT2D eigenvalue weighted by Crippen LogP contribution is -2.21. The average molecular weight is 428 g/mol. The van der Waals surface area contributed by atoms with Crippen molar-refractivity contribution in [1.82, 2.24) is 14.1 Å². The molecule has 0 bridgehead atoms. The zero-order valence-electron chi connectivity index (χ0n) is 15.3. The zero-order valence-corrected chi connectivity index (χ0v) is 17.7. The maximum absolute atomic E-state index is 13.3. The summed E-state index contributed by atoms with van der Waals surface area (Å²) in [4.78, 5) is 18.1. The number of rotatable bonds is 5. The van der Waals surface area contributed by atoms with Gasteiger partial charge < -0.3 is 4.74 Å².